The van der Waals surface area contributed by atoms with Crippen molar-refractivity contribution in [2.24, 2.45) is 15.0 Å². The number of anilines is 5. The maximum absolute atomic E-state index is 14.4. The molecule has 4 fully saturated rings. The van der Waals surface area contributed by atoms with Crippen molar-refractivity contribution in [3.8, 4) is 11.5 Å². The van der Waals surface area contributed by atoms with Crippen LogP contribution in [0.25, 0.3) is 0 Å². The predicted molar refractivity (Wildman–Crippen MR) is 522 cm³/mol. The van der Waals surface area contributed by atoms with Crippen molar-refractivity contribution in [1.82, 2.24) is 30.9 Å². The third-order valence-corrected chi connectivity index (χ3v) is 25.9. The number of methoxy groups -OCH3 is 2. The molecule has 7 aliphatic rings. The Morgan fingerprint density at radius 1 is 0.422 bits per heavy atom. The molecule has 0 bridgehead atoms. The number of ketones is 1. The molecule has 662 valence electrons. The lowest BCUT2D eigenvalue weighted by atomic mass is 9.80. The van der Waals surface area contributed by atoms with Gasteiger partial charge < -0.3 is 59.2 Å². The normalized spacial score (nSPS) is 18.2. The fraction of sp³-hybridized carbons (Fsp3) is 0.303. The molecule has 0 saturated carbocycles. The molecule has 7 aliphatic heterocycles. The number of nitrogens with zero attached hydrogens (tertiary/aromatic N) is 11. The van der Waals surface area contributed by atoms with Crippen molar-refractivity contribution < 1.29 is 33.2 Å². The van der Waals surface area contributed by atoms with Crippen LogP contribution in [0, 0.1) is 0 Å². The Kier molecular flexibility index (Phi) is 31.5. The number of nitrogens with one attached hydrogen (secondary N) is 3. The van der Waals surface area contributed by atoms with E-state index in [9.17, 15) is 14.4 Å². The summed E-state index contributed by atoms with van der Waals surface area (Å²) in [5.74, 6) is 4.20. The highest BCUT2D eigenvalue weighted by atomic mass is 35.5. The van der Waals surface area contributed by atoms with Crippen molar-refractivity contribution in [2.45, 2.75) is 103 Å². The molecule has 11 aromatic rings. The number of ether oxygens (including phenoxy) is 2. The molecular formula is C99H102BCl7N14O7. The van der Waals surface area contributed by atoms with E-state index in [4.69, 9.17) is 120 Å². The number of fused-ring (bicyclic) bond motifs is 3. The molecule has 0 spiro atoms. The number of Topliss-reactive ketones (excluding diaryl/α,β-unsaturated/α-hetero) is 1. The number of benzene rings is 8. The van der Waals surface area contributed by atoms with Crippen molar-refractivity contribution in [1.29, 1.82) is 0 Å². The van der Waals surface area contributed by atoms with Crippen molar-refractivity contribution in [3.05, 3.63) is 322 Å². The van der Waals surface area contributed by atoms with Crippen LogP contribution >= 0.6 is 81.2 Å². The lowest BCUT2D eigenvalue weighted by Crippen LogP contribution is -2.44. The van der Waals surface area contributed by atoms with Gasteiger partial charge in [0.1, 0.15) is 52.2 Å². The summed E-state index contributed by atoms with van der Waals surface area (Å²) in [5.41, 5.74) is 12.6. The Morgan fingerprint density at radius 2 is 0.797 bits per heavy atom. The van der Waals surface area contributed by atoms with E-state index in [1.807, 2.05) is 195 Å². The second kappa shape index (κ2) is 43.0. The Hall–Kier alpha value is -10.3. The highest BCUT2D eigenvalue weighted by Gasteiger charge is 2.52. The van der Waals surface area contributed by atoms with E-state index in [0.717, 1.165) is 180 Å². The first-order valence-corrected chi connectivity index (χ1v) is 45.1. The smallest absolute Gasteiger partial charge is 0.496 e. The topological polar surface area (TPSA) is 216 Å². The molecule has 29 heteroatoms. The number of amides is 2. The number of halogens is 7. The average molecular weight is 1860 g/mol. The molecule has 21 nitrogen and oxygen atoms in total. The SMILES string of the molecule is C.CC1(C)OB(c2ccc(N3CCNCC3)nc2)OC1(C)C.COc1ccc(CN2C(=O)C(Cc3ccccc3Cl)N=C(Cl)c3cc(Cl)ccc32)cc1.COc1ccc(CN2C(=O)C(Cc3ccccc3Cl)N=C(c3ccc(N4CCNCC4)nc3)c3cc(Cl)ccc32)cc1.O=C1Cc2ccc(Cl)cc2C(c2ccc(N3CCNCC3)nc2)=NC1Cc1ccccc1Cl. The van der Waals surface area contributed by atoms with E-state index < -0.39 is 18.1 Å². The van der Waals surface area contributed by atoms with Gasteiger partial charge in [-0.05, 0) is 182 Å². The summed E-state index contributed by atoms with van der Waals surface area (Å²) in [4.78, 5) is 80.3. The lowest BCUT2D eigenvalue weighted by Gasteiger charge is -2.32. The fourth-order valence-corrected chi connectivity index (χ4v) is 17.4. The molecule has 4 saturated heterocycles. The Bertz CT molecular complexity index is 5810. The van der Waals surface area contributed by atoms with Crippen LogP contribution in [0.3, 0.4) is 0 Å². The van der Waals surface area contributed by atoms with Gasteiger partial charge in [-0.3, -0.25) is 29.4 Å². The molecule has 0 aliphatic carbocycles. The van der Waals surface area contributed by atoms with E-state index in [1.54, 1.807) is 48.3 Å². The van der Waals surface area contributed by atoms with Gasteiger partial charge in [0.2, 0.25) is 0 Å². The number of carbonyl (C=O) groups excluding carboxylic acids is 3. The second-order valence-corrected chi connectivity index (χ2v) is 35.6. The minimum Gasteiger partial charge on any atom is -0.497 e. The van der Waals surface area contributed by atoms with Gasteiger partial charge in [-0.2, -0.15) is 0 Å². The fourth-order valence-electron chi connectivity index (χ4n) is 16.0. The average Bonchev–Trinajstić information content (AvgIpc) is 1.67. The number of carbonyl (C=O) groups is 3. The van der Waals surface area contributed by atoms with Crippen molar-refractivity contribution in [3.63, 3.8) is 0 Å². The standard InChI is InChI=1S/C33H31Cl2N5O2.C26H24Cl2N4O.C24H19Cl3N2O2.C15H24BN3O2.CH4/c1-42-26-10-6-22(7-11-26)21-40-30-12-9-25(34)19-27(30)32(24-8-13-31(37-20-24)39-16-14-36-15-17-39)38-29(33(40)41)18-23-4-2-3-5-28(23)35;27-20-7-5-17-14-24(33)23(13-18-3-1-2-4-22(18)28)31-26(21(17)15-20)19-6-8-25(30-16-19)32-11-9-29-10-12-32;1-31-18-9-6-15(7-10-18)14-29-22-11-8-17(25)13-19(22)23(27)28-21(24(29)30)12-16-4-2-3-5-20(16)26;1-14(2)15(3,4)21-16(20-14)12-5-6-13(18-11-12)19-9-7-17-8-10-19;/h2-13,19-20,29,36H,14-18,21H2,1H3;1-8,15-16,23,29H,9-14H2;2-11,13,21H,12,14H2,1H3;5-6,11,17H,7-10H2,1-4H3;1H4. The molecule has 2 amide bonds. The van der Waals surface area contributed by atoms with E-state index in [2.05, 4.69) is 80.5 Å². The van der Waals surface area contributed by atoms with Crippen LogP contribution in [-0.4, -0.2) is 178 Å². The minimum absolute atomic E-state index is 0. The molecule has 3 N–H and O–H groups in total. The lowest BCUT2D eigenvalue weighted by molar-refractivity contribution is -0.120. The zero-order chi connectivity index (χ0) is 88.9. The minimum atomic E-state index is -0.711. The highest BCUT2D eigenvalue weighted by Crippen LogP contribution is 2.40. The van der Waals surface area contributed by atoms with E-state index >= 15 is 0 Å². The maximum atomic E-state index is 14.4. The van der Waals surface area contributed by atoms with Gasteiger partial charge in [0.05, 0.1) is 61.3 Å². The number of aliphatic imine (C=N–C) groups is 3. The second-order valence-electron chi connectivity index (χ2n) is 32.7. The number of aromatic nitrogens is 3. The molecule has 3 unspecified atom stereocenters. The molecule has 3 aromatic heterocycles. The van der Waals surface area contributed by atoms with Gasteiger partial charge in [0.15, 0.2) is 5.78 Å². The van der Waals surface area contributed by atoms with Gasteiger partial charge in [-0.1, -0.05) is 180 Å². The zero-order valence-electron chi connectivity index (χ0n) is 71.4. The van der Waals surface area contributed by atoms with Crippen LogP contribution < -0.4 is 55.4 Å². The van der Waals surface area contributed by atoms with Gasteiger partial charge in [-0.15, -0.1) is 0 Å². The molecular weight excluding hydrogens is 1760 g/mol. The van der Waals surface area contributed by atoms with Crippen LogP contribution in [0.2, 0.25) is 30.1 Å². The first-order chi connectivity index (χ1) is 61.4. The predicted octanol–water partition coefficient (Wildman–Crippen LogP) is 17.7. The number of rotatable bonds is 18. The molecule has 10 heterocycles. The van der Waals surface area contributed by atoms with Gasteiger partial charge in [0.25, 0.3) is 11.8 Å². The summed E-state index contributed by atoms with van der Waals surface area (Å²) in [7, 11) is 2.92. The highest BCUT2D eigenvalue weighted by molar-refractivity contribution is 6.70. The zero-order valence-corrected chi connectivity index (χ0v) is 76.7. The van der Waals surface area contributed by atoms with Crippen LogP contribution in [0.5, 0.6) is 11.5 Å². The van der Waals surface area contributed by atoms with Gasteiger partial charge >= 0.3 is 7.12 Å². The van der Waals surface area contributed by atoms with Crippen LogP contribution in [0.4, 0.5) is 28.8 Å². The summed E-state index contributed by atoms with van der Waals surface area (Å²) in [6.07, 6.45) is 7.03. The summed E-state index contributed by atoms with van der Waals surface area (Å²) in [5, 5.41) is 13.9. The maximum Gasteiger partial charge on any atom is 0.496 e. The molecule has 8 aromatic carbocycles. The van der Waals surface area contributed by atoms with E-state index in [-0.39, 0.29) is 48.5 Å². The third-order valence-electron chi connectivity index (χ3n) is 23.8. The largest absolute Gasteiger partial charge is 0.497 e. The number of hydrogen-bond acceptors (Lipinski definition) is 19. The number of piperazine rings is 3. The summed E-state index contributed by atoms with van der Waals surface area (Å²) in [6.45, 7) is 20.4. The number of hydrogen-bond donors (Lipinski definition) is 3. The Labute approximate surface area is 784 Å². The summed E-state index contributed by atoms with van der Waals surface area (Å²) < 4.78 is 22.7. The molecule has 3 atom stereocenters. The van der Waals surface area contributed by atoms with Gasteiger partial charge in [-0.25, -0.2) is 15.0 Å². The number of pyridine rings is 3. The molecule has 128 heavy (non-hydrogen) atoms. The first kappa shape index (κ1) is 93.9. The quantitative estimate of drug-likeness (QED) is 0.0681. The third kappa shape index (κ3) is 22.8. The monoisotopic (exact) mass is 1850 g/mol. The molecule has 18 rings (SSSR count). The van der Waals surface area contributed by atoms with Crippen LogP contribution in [0.15, 0.2) is 246 Å². The van der Waals surface area contributed by atoms with Crippen molar-refractivity contribution in [2.75, 3.05) is 117 Å². The Morgan fingerprint density at radius 3 is 1.21 bits per heavy atom. The van der Waals surface area contributed by atoms with E-state index in [0.29, 0.717) is 85.9 Å². The number of benzodiazepines with no additional fused rings is 2. The summed E-state index contributed by atoms with van der Waals surface area (Å²) in [6, 6.07) is 64.8. The van der Waals surface area contributed by atoms with E-state index in [1.165, 1.54) is 0 Å². The van der Waals surface area contributed by atoms with Crippen LogP contribution in [0.1, 0.15) is 96.3 Å². The molecule has 0 radical (unpaired) electrons. The van der Waals surface area contributed by atoms with Gasteiger partial charge in [0, 0.05) is 186 Å². The Balaban J connectivity index is 0.000000141. The summed E-state index contributed by atoms with van der Waals surface area (Å²) >= 11 is 45.0. The first-order valence-electron chi connectivity index (χ1n) is 42.4. The van der Waals surface area contributed by atoms with Crippen molar-refractivity contribution >= 4 is 157 Å². The van der Waals surface area contributed by atoms with Crippen LogP contribution in [-0.2, 0) is 62.5 Å².